The van der Waals surface area contributed by atoms with Gasteiger partial charge in [0.1, 0.15) is 11.1 Å². The molecule has 21 heavy (non-hydrogen) atoms. The molecule has 0 radical (unpaired) electrons. The van der Waals surface area contributed by atoms with Crippen LogP contribution < -0.4 is 16.2 Å². The van der Waals surface area contributed by atoms with Gasteiger partial charge in [0.15, 0.2) is 15.8 Å². The summed E-state index contributed by atoms with van der Waals surface area (Å²) in [5, 5.41) is 6.42. The molecule has 0 spiro atoms. The maximum absolute atomic E-state index is 11.1. The van der Waals surface area contributed by atoms with Crippen LogP contribution in [0, 0.1) is 5.41 Å². The Morgan fingerprint density at radius 3 is 2.00 bits per heavy atom. The van der Waals surface area contributed by atoms with Crippen molar-refractivity contribution in [3.8, 4) is 5.75 Å². The highest BCUT2D eigenvalue weighted by molar-refractivity contribution is 7.90. The summed E-state index contributed by atoms with van der Waals surface area (Å²) in [4.78, 5) is 11.0. The van der Waals surface area contributed by atoms with Crippen molar-refractivity contribution in [1.29, 1.82) is 5.41 Å². The molecule has 0 saturated heterocycles. The zero-order valence-corrected chi connectivity index (χ0v) is 12.4. The third kappa shape index (κ3) is 9.18. The number of hydrogen-bond donors (Lipinski definition) is 3. The SMILES string of the molecule is CS(=O)(=O)c1ccc(OC(=O)C=S(=O)=O)cc1.N=C(N)N. The molecular weight excluding hydrogens is 322 g/mol. The molecule has 0 aliphatic carbocycles. The van der Waals surface area contributed by atoms with Crippen molar-refractivity contribution < 1.29 is 26.4 Å². The first-order chi connectivity index (χ1) is 9.52. The lowest BCUT2D eigenvalue weighted by molar-refractivity contribution is -0.126. The fraction of sp³-hybridized carbons (Fsp3) is 0.100. The maximum Gasteiger partial charge on any atom is 0.351 e. The van der Waals surface area contributed by atoms with Gasteiger partial charge in [0, 0.05) is 6.26 Å². The molecule has 9 nitrogen and oxygen atoms in total. The highest BCUT2D eigenvalue weighted by Gasteiger charge is 2.07. The van der Waals surface area contributed by atoms with Gasteiger partial charge < -0.3 is 16.2 Å². The molecular formula is C10H13N3O6S2. The van der Waals surface area contributed by atoms with Crippen LogP contribution >= 0.6 is 0 Å². The average molecular weight is 335 g/mol. The number of benzene rings is 1. The highest BCUT2D eigenvalue weighted by Crippen LogP contribution is 2.15. The number of guanidine groups is 1. The maximum atomic E-state index is 11.1. The van der Waals surface area contributed by atoms with Crippen LogP contribution in [-0.2, 0) is 24.9 Å². The Bertz CT molecular complexity index is 738. The van der Waals surface area contributed by atoms with Gasteiger partial charge in [-0.05, 0) is 24.3 Å². The standard InChI is InChI=1S/C9H8O6S2.CH5N3/c1-17(13,14)8-4-2-7(3-5-8)15-9(10)6-16(11)12;2-1(3)4/h2-6H,1H3;(H5,2,3,4). The molecule has 0 bridgehead atoms. The van der Waals surface area contributed by atoms with Crippen LogP contribution in [0.4, 0.5) is 0 Å². The molecule has 0 saturated carbocycles. The van der Waals surface area contributed by atoms with Gasteiger partial charge in [0.2, 0.25) is 10.3 Å². The summed E-state index contributed by atoms with van der Waals surface area (Å²) in [6.45, 7) is 0. The van der Waals surface area contributed by atoms with Crippen molar-refractivity contribution >= 4 is 37.4 Å². The van der Waals surface area contributed by atoms with Gasteiger partial charge in [-0.1, -0.05) is 0 Å². The molecule has 0 unspecified atom stereocenters. The number of rotatable bonds is 3. The fourth-order valence-electron chi connectivity index (χ4n) is 0.974. The first-order valence-corrected chi connectivity index (χ1v) is 8.09. The first kappa shape index (κ1) is 18.6. The van der Waals surface area contributed by atoms with Crippen LogP contribution in [0.25, 0.3) is 0 Å². The average Bonchev–Trinajstić information content (AvgIpc) is 2.26. The lowest BCUT2D eigenvalue weighted by atomic mass is 10.3. The molecule has 116 valence electrons. The minimum atomic E-state index is -3.31. The monoisotopic (exact) mass is 335 g/mol. The van der Waals surface area contributed by atoms with E-state index in [0.717, 1.165) is 6.26 Å². The number of sulfone groups is 1. The van der Waals surface area contributed by atoms with E-state index in [4.69, 9.17) is 5.41 Å². The van der Waals surface area contributed by atoms with Crippen molar-refractivity contribution in [3.05, 3.63) is 24.3 Å². The number of esters is 1. The number of ether oxygens (including phenoxy) is 1. The summed E-state index contributed by atoms with van der Waals surface area (Å²) in [6.07, 6.45) is 1.04. The summed E-state index contributed by atoms with van der Waals surface area (Å²) in [5.74, 6) is -1.32. The fourth-order valence-corrected chi connectivity index (χ4v) is 1.81. The molecule has 1 aromatic carbocycles. The van der Waals surface area contributed by atoms with Gasteiger partial charge in [0.25, 0.3) is 0 Å². The van der Waals surface area contributed by atoms with Gasteiger partial charge in [-0.2, -0.15) is 8.42 Å². The van der Waals surface area contributed by atoms with E-state index in [2.05, 4.69) is 16.2 Å². The Labute approximate surface area is 122 Å². The molecule has 11 heteroatoms. The number of carbonyl (C=O) groups is 1. The minimum absolute atomic E-state index is 0.0594. The predicted molar refractivity (Wildman–Crippen MR) is 76.3 cm³/mol. The minimum Gasteiger partial charge on any atom is -0.423 e. The second-order valence-electron chi connectivity index (χ2n) is 3.50. The molecule has 0 atom stereocenters. The van der Waals surface area contributed by atoms with E-state index in [1.807, 2.05) is 0 Å². The number of nitrogens with one attached hydrogen (secondary N) is 1. The second-order valence-corrected chi connectivity index (χ2v) is 6.27. The summed E-state index contributed by atoms with van der Waals surface area (Å²) in [5.41, 5.74) is 8.94. The molecule has 0 aromatic heterocycles. The molecule has 0 aliphatic rings. The van der Waals surface area contributed by atoms with Crippen LogP contribution in [0.15, 0.2) is 29.2 Å². The quantitative estimate of drug-likeness (QED) is 0.197. The third-order valence-corrected chi connectivity index (χ3v) is 3.18. The Morgan fingerprint density at radius 2 is 1.67 bits per heavy atom. The zero-order chi connectivity index (χ0) is 16.6. The van der Waals surface area contributed by atoms with E-state index < -0.39 is 26.1 Å². The van der Waals surface area contributed by atoms with Crippen molar-refractivity contribution in [1.82, 2.24) is 0 Å². The van der Waals surface area contributed by atoms with Crippen LogP contribution in [0.5, 0.6) is 5.75 Å². The highest BCUT2D eigenvalue weighted by atomic mass is 32.2. The predicted octanol–water partition coefficient (Wildman–Crippen LogP) is -1.48. The number of carbonyl (C=O) groups excluding carboxylic acids is 1. The molecule has 0 heterocycles. The topological polar surface area (TPSA) is 170 Å². The van der Waals surface area contributed by atoms with E-state index in [0.29, 0.717) is 5.37 Å². The van der Waals surface area contributed by atoms with Gasteiger partial charge in [0.05, 0.1) is 4.90 Å². The van der Waals surface area contributed by atoms with E-state index >= 15 is 0 Å². The summed E-state index contributed by atoms with van der Waals surface area (Å²) >= 11 is 0. The summed E-state index contributed by atoms with van der Waals surface area (Å²) in [7, 11) is -5.95. The van der Waals surface area contributed by atoms with Crippen molar-refractivity contribution in [3.63, 3.8) is 0 Å². The lowest BCUT2D eigenvalue weighted by Gasteiger charge is -2.01. The van der Waals surface area contributed by atoms with Crippen molar-refractivity contribution in [2.24, 2.45) is 11.5 Å². The largest absolute Gasteiger partial charge is 0.423 e. The Hall–Kier alpha value is -2.40. The first-order valence-electron chi connectivity index (χ1n) is 5.06. The van der Waals surface area contributed by atoms with E-state index in [-0.39, 0.29) is 16.6 Å². The molecule has 1 aromatic rings. The Balaban J connectivity index is 0.000000885. The molecule has 0 amide bonds. The smallest absolute Gasteiger partial charge is 0.351 e. The Kier molecular flexibility index (Phi) is 7.10. The van der Waals surface area contributed by atoms with Gasteiger partial charge in [-0.3, -0.25) is 5.41 Å². The summed E-state index contributed by atoms with van der Waals surface area (Å²) < 4.78 is 47.1. The van der Waals surface area contributed by atoms with Crippen LogP contribution in [-0.4, -0.2) is 40.4 Å². The van der Waals surface area contributed by atoms with Crippen molar-refractivity contribution in [2.75, 3.05) is 6.26 Å². The number of hydrogen-bond acceptors (Lipinski definition) is 7. The van der Waals surface area contributed by atoms with Gasteiger partial charge in [-0.15, -0.1) is 0 Å². The molecule has 0 fully saturated rings. The molecule has 0 aliphatic heterocycles. The van der Waals surface area contributed by atoms with Crippen LogP contribution in [0.3, 0.4) is 0 Å². The molecule has 1 rings (SSSR count). The van der Waals surface area contributed by atoms with Crippen LogP contribution in [0.1, 0.15) is 0 Å². The lowest BCUT2D eigenvalue weighted by Crippen LogP contribution is -2.20. The zero-order valence-electron chi connectivity index (χ0n) is 10.8. The van der Waals surface area contributed by atoms with Gasteiger partial charge in [-0.25, -0.2) is 13.2 Å². The second kappa shape index (κ2) is 8.01. The van der Waals surface area contributed by atoms with Gasteiger partial charge >= 0.3 is 5.97 Å². The Morgan fingerprint density at radius 1 is 1.24 bits per heavy atom. The summed E-state index contributed by atoms with van der Waals surface area (Å²) in [6, 6.07) is 5.03. The third-order valence-electron chi connectivity index (χ3n) is 1.66. The number of nitrogens with two attached hydrogens (primary N) is 2. The van der Waals surface area contributed by atoms with E-state index in [9.17, 15) is 21.6 Å². The normalized spacial score (nSPS) is 9.76. The van der Waals surface area contributed by atoms with E-state index in [1.165, 1.54) is 24.3 Å². The van der Waals surface area contributed by atoms with Crippen molar-refractivity contribution in [2.45, 2.75) is 4.90 Å². The molecule has 5 N–H and O–H groups in total. The van der Waals surface area contributed by atoms with E-state index in [1.54, 1.807) is 0 Å². The van der Waals surface area contributed by atoms with Crippen LogP contribution in [0.2, 0.25) is 0 Å².